The number of rotatable bonds is 8. The Bertz CT molecular complexity index is 233. The van der Waals surface area contributed by atoms with Crippen molar-refractivity contribution in [2.24, 2.45) is 0 Å². The van der Waals surface area contributed by atoms with Gasteiger partial charge in [0.05, 0.1) is 12.7 Å². The molecule has 0 aromatic heterocycles. The van der Waals surface area contributed by atoms with Crippen LogP contribution in [0.5, 0.6) is 0 Å². The van der Waals surface area contributed by atoms with Crippen molar-refractivity contribution in [1.29, 1.82) is 0 Å². The Kier molecular flexibility index (Phi) is 4.79. The molecule has 2 N–H and O–H groups in total. The minimum Gasteiger partial charge on any atom is -0.394 e. The molecule has 2 saturated carbocycles. The lowest BCUT2D eigenvalue weighted by Crippen LogP contribution is -2.48. The van der Waals surface area contributed by atoms with E-state index in [9.17, 15) is 5.11 Å². The van der Waals surface area contributed by atoms with Crippen LogP contribution in [-0.2, 0) is 9.47 Å². The minimum atomic E-state index is -0.0624. The summed E-state index contributed by atoms with van der Waals surface area (Å²) in [6.45, 7) is 1.77. The third-order valence-electron chi connectivity index (χ3n) is 3.80. The zero-order chi connectivity index (χ0) is 12.1. The summed E-state index contributed by atoms with van der Waals surface area (Å²) in [6.07, 6.45) is 6.84. The Morgan fingerprint density at radius 2 is 2.12 bits per heavy atom. The Morgan fingerprint density at radius 3 is 2.76 bits per heavy atom. The van der Waals surface area contributed by atoms with Crippen LogP contribution in [-0.4, -0.2) is 49.7 Å². The van der Waals surface area contributed by atoms with E-state index in [1.165, 1.54) is 12.8 Å². The molecule has 0 saturated heterocycles. The number of nitrogens with one attached hydrogen (secondary N) is 1. The quantitative estimate of drug-likeness (QED) is 0.626. The van der Waals surface area contributed by atoms with Gasteiger partial charge in [0, 0.05) is 31.9 Å². The molecule has 0 heterocycles. The lowest BCUT2D eigenvalue weighted by Gasteiger charge is -2.28. The SMILES string of the molecule is COCCCOC1CCC(CO)(NC2CC2)C1. The van der Waals surface area contributed by atoms with Gasteiger partial charge in [-0.3, -0.25) is 0 Å². The first-order chi connectivity index (χ1) is 8.28. The Labute approximate surface area is 104 Å². The van der Waals surface area contributed by atoms with Gasteiger partial charge >= 0.3 is 0 Å². The van der Waals surface area contributed by atoms with E-state index < -0.39 is 0 Å². The molecule has 0 aromatic carbocycles. The van der Waals surface area contributed by atoms with Gasteiger partial charge in [-0.15, -0.1) is 0 Å². The second kappa shape index (κ2) is 6.14. The van der Waals surface area contributed by atoms with Crippen LogP contribution >= 0.6 is 0 Å². The molecule has 0 bridgehead atoms. The van der Waals surface area contributed by atoms with E-state index >= 15 is 0 Å². The highest BCUT2D eigenvalue weighted by molar-refractivity contribution is 5.01. The summed E-state index contributed by atoms with van der Waals surface area (Å²) < 4.78 is 10.8. The summed E-state index contributed by atoms with van der Waals surface area (Å²) in [5.74, 6) is 0. The highest BCUT2D eigenvalue weighted by Crippen LogP contribution is 2.35. The van der Waals surface area contributed by atoms with Gasteiger partial charge < -0.3 is 19.9 Å². The van der Waals surface area contributed by atoms with Crippen LogP contribution in [0.1, 0.15) is 38.5 Å². The van der Waals surface area contributed by atoms with Gasteiger partial charge in [0.15, 0.2) is 0 Å². The third-order valence-corrected chi connectivity index (χ3v) is 3.80. The standard InChI is InChI=1S/C13H25NO3/c1-16-7-2-8-17-12-5-6-13(9-12,10-15)14-11-3-4-11/h11-12,14-15H,2-10H2,1H3. The van der Waals surface area contributed by atoms with Crippen molar-refractivity contribution < 1.29 is 14.6 Å². The van der Waals surface area contributed by atoms with E-state index in [1.54, 1.807) is 7.11 Å². The maximum atomic E-state index is 9.58. The molecule has 0 amide bonds. The lowest BCUT2D eigenvalue weighted by atomic mass is 9.98. The lowest BCUT2D eigenvalue weighted by molar-refractivity contribution is 0.0346. The maximum Gasteiger partial charge on any atom is 0.0614 e. The van der Waals surface area contributed by atoms with Crippen LogP contribution in [0.15, 0.2) is 0 Å². The molecular formula is C13H25NO3. The Morgan fingerprint density at radius 1 is 1.29 bits per heavy atom. The van der Waals surface area contributed by atoms with E-state index in [4.69, 9.17) is 9.47 Å². The molecule has 0 aliphatic heterocycles. The molecule has 2 fully saturated rings. The third kappa shape index (κ3) is 3.91. The molecule has 2 atom stereocenters. The van der Waals surface area contributed by atoms with Crippen molar-refractivity contribution in [2.75, 3.05) is 26.9 Å². The number of aliphatic hydroxyl groups excluding tert-OH is 1. The molecular weight excluding hydrogens is 218 g/mol. The normalized spacial score (nSPS) is 33.2. The number of ether oxygens (including phenoxy) is 2. The van der Waals surface area contributed by atoms with Gasteiger partial charge in [-0.25, -0.2) is 0 Å². The molecule has 2 rings (SSSR count). The van der Waals surface area contributed by atoms with Crippen molar-refractivity contribution >= 4 is 0 Å². The van der Waals surface area contributed by atoms with Gasteiger partial charge in [-0.1, -0.05) is 0 Å². The van der Waals surface area contributed by atoms with Gasteiger partial charge in [0.1, 0.15) is 0 Å². The van der Waals surface area contributed by atoms with Crippen molar-refractivity contribution in [3.05, 3.63) is 0 Å². The number of methoxy groups -OCH3 is 1. The van der Waals surface area contributed by atoms with E-state index in [2.05, 4.69) is 5.32 Å². The first-order valence-corrected chi connectivity index (χ1v) is 6.77. The molecule has 4 heteroatoms. The van der Waals surface area contributed by atoms with Crippen LogP contribution in [0.3, 0.4) is 0 Å². The predicted octanol–water partition coefficient (Wildman–Crippen LogP) is 1.08. The fourth-order valence-electron chi connectivity index (χ4n) is 2.65. The highest BCUT2D eigenvalue weighted by atomic mass is 16.5. The van der Waals surface area contributed by atoms with Gasteiger partial charge in [-0.05, 0) is 38.5 Å². The molecule has 0 spiro atoms. The number of hydrogen-bond acceptors (Lipinski definition) is 4. The smallest absolute Gasteiger partial charge is 0.0614 e. The average molecular weight is 243 g/mol. The second-order valence-electron chi connectivity index (χ2n) is 5.44. The monoisotopic (exact) mass is 243 g/mol. The Balaban J connectivity index is 1.68. The van der Waals surface area contributed by atoms with Gasteiger partial charge in [0.25, 0.3) is 0 Å². The summed E-state index contributed by atoms with van der Waals surface area (Å²) in [4.78, 5) is 0. The maximum absolute atomic E-state index is 9.58. The van der Waals surface area contributed by atoms with Crippen LogP contribution in [0, 0.1) is 0 Å². The first-order valence-electron chi connectivity index (χ1n) is 6.77. The minimum absolute atomic E-state index is 0.0624. The molecule has 100 valence electrons. The number of aliphatic hydroxyl groups is 1. The Hall–Kier alpha value is -0.160. The number of hydrogen-bond donors (Lipinski definition) is 2. The van der Waals surface area contributed by atoms with E-state index in [1.807, 2.05) is 0 Å². The second-order valence-corrected chi connectivity index (χ2v) is 5.44. The van der Waals surface area contributed by atoms with Gasteiger partial charge in [0.2, 0.25) is 0 Å². The van der Waals surface area contributed by atoms with E-state index in [0.29, 0.717) is 12.1 Å². The largest absolute Gasteiger partial charge is 0.394 e. The van der Waals surface area contributed by atoms with Gasteiger partial charge in [-0.2, -0.15) is 0 Å². The van der Waals surface area contributed by atoms with Crippen molar-refractivity contribution in [2.45, 2.75) is 56.2 Å². The van der Waals surface area contributed by atoms with Crippen molar-refractivity contribution in [1.82, 2.24) is 5.32 Å². The molecule has 2 aliphatic carbocycles. The van der Waals surface area contributed by atoms with Crippen molar-refractivity contribution in [3.63, 3.8) is 0 Å². The zero-order valence-electron chi connectivity index (χ0n) is 10.8. The fraction of sp³-hybridized carbons (Fsp3) is 1.00. The van der Waals surface area contributed by atoms with Crippen LogP contribution in [0.25, 0.3) is 0 Å². The topological polar surface area (TPSA) is 50.7 Å². The average Bonchev–Trinajstić information content (AvgIpc) is 3.05. The van der Waals surface area contributed by atoms with Crippen molar-refractivity contribution in [3.8, 4) is 0 Å². The molecule has 2 unspecified atom stereocenters. The van der Waals surface area contributed by atoms with Crippen LogP contribution in [0.4, 0.5) is 0 Å². The molecule has 17 heavy (non-hydrogen) atoms. The van der Waals surface area contributed by atoms with E-state index in [-0.39, 0.29) is 12.1 Å². The highest BCUT2D eigenvalue weighted by Gasteiger charge is 2.42. The summed E-state index contributed by atoms with van der Waals surface area (Å²) in [6, 6.07) is 0.648. The summed E-state index contributed by atoms with van der Waals surface area (Å²) >= 11 is 0. The molecule has 0 radical (unpaired) electrons. The predicted molar refractivity (Wildman–Crippen MR) is 66.1 cm³/mol. The first kappa shape index (κ1) is 13.3. The van der Waals surface area contributed by atoms with Crippen LogP contribution < -0.4 is 5.32 Å². The van der Waals surface area contributed by atoms with Crippen LogP contribution in [0.2, 0.25) is 0 Å². The summed E-state index contributed by atoms with van der Waals surface area (Å²) in [7, 11) is 1.71. The molecule has 0 aromatic rings. The van der Waals surface area contributed by atoms with E-state index in [0.717, 1.165) is 38.9 Å². The zero-order valence-corrected chi connectivity index (χ0v) is 10.8. The summed E-state index contributed by atoms with van der Waals surface area (Å²) in [5, 5.41) is 13.2. The molecule has 4 nitrogen and oxygen atoms in total. The fourth-order valence-corrected chi connectivity index (χ4v) is 2.65. The molecule has 2 aliphatic rings. The summed E-state index contributed by atoms with van der Waals surface area (Å²) in [5.41, 5.74) is -0.0624.